The number of thiophene rings is 1. The lowest BCUT2D eigenvalue weighted by atomic mass is 10.2. The molecule has 5 heteroatoms. The van der Waals surface area contributed by atoms with E-state index in [2.05, 4.69) is 28.9 Å². The third kappa shape index (κ3) is 3.36. The van der Waals surface area contributed by atoms with Gasteiger partial charge in [-0.15, -0.1) is 11.3 Å². The van der Waals surface area contributed by atoms with E-state index in [1.165, 1.54) is 10.4 Å². The fourth-order valence-electron chi connectivity index (χ4n) is 2.87. The molecule has 2 aromatic heterocycles. The van der Waals surface area contributed by atoms with Crippen LogP contribution >= 0.6 is 11.3 Å². The molecule has 0 unspecified atom stereocenters. The molecule has 1 amide bonds. The first-order valence-electron chi connectivity index (χ1n) is 7.61. The number of hydrogen-bond donors (Lipinski definition) is 0. The Morgan fingerprint density at radius 1 is 1.18 bits per heavy atom. The summed E-state index contributed by atoms with van der Waals surface area (Å²) in [5.41, 5.74) is 2.16. The molecule has 1 aliphatic rings. The lowest BCUT2D eigenvalue weighted by Gasteiger charge is -2.34. The number of nitrogens with zero attached hydrogens (tertiary/aromatic N) is 3. The molecule has 3 rings (SSSR count). The van der Waals surface area contributed by atoms with Crippen LogP contribution in [0, 0.1) is 13.8 Å². The predicted octanol–water partition coefficient (Wildman–Crippen LogP) is 2.72. The summed E-state index contributed by atoms with van der Waals surface area (Å²) in [7, 11) is 0. The van der Waals surface area contributed by atoms with Gasteiger partial charge in [-0.2, -0.15) is 0 Å². The molecular weight excluding hydrogens is 294 g/mol. The maximum Gasteiger partial charge on any atom is 0.255 e. The predicted molar refractivity (Wildman–Crippen MR) is 89.2 cm³/mol. The lowest BCUT2D eigenvalue weighted by Crippen LogP contribution is -2.48. The van der Waals surface area contributed by atoms with Gasteiger partial charge in [-0.25, -0.2) is 0 Å². The van der Waals surface area contributed by atoms with E-state index in [9.17, 15) is 4.79 Å². The number of aromatic nitrogens is 1. The third-order valence-corrected chi connectivity index (χ3v) is 5.05. The summed E-state index contributed by atoms with van der Waals surface area (Å²) >= 11 is 1.70. The Bertz CT molecular complexity index is 645. The highest BCUT2D eigenvalue weighted by atomic mass is 32.1. The maximum absolute atomic E-state index is 12.6. The first-order valence-corrected chi connectivity index (χ1v) is 8.42. The van der Waals surface area contributed by atoms with E-state index >= 15 is 0 Å². The zero-order valence-electron chi connectivity index (χ0n) is 13.1. The number of carbonyl (C=O) groups excluding carboxylic acids is 1. The van der Waals surface area contributed by atoms with Crippen molar-refractivity contribution in [3.63, 3.8) is 0 Å². The molecule has 0 N–H and O–H groups in total. The van der Waals surface area contributed by atoms with Crippen molar-refractivity contribution in [1.29, 1.82) is 0 Å². The van der Waals surface area contributed by atoms with Gasteiger partial charge in [-0.05, 0) is 37.6 Å². The first kappa shape index (κ1) is 15.2. The molecule has 4 nitrogen and oxygen atoms in total. The van der Waals surface area contributed by atoms with Crippen molar-refractivity contribution >= 4 is 17.2 Å². The average molecular weight is 315 g/mol. The number of hydrogen-bond acceptors (Lipinski definition) is 4. The highest BCUT2D eigenvalue weighted by Gasteiger charge is 2.23. The van der Waals surface area contributed by atoms with Crippen LogP contribution in [0.15, 0.2) is 30.6 Å². The van der Waals surface area contributed by atoms with Crippen LogP contribution in [0.25, 0.3) is 0 Å². The Morgan fingerprint density at radius 2 is 1.86 bits per heavy atom. The molecule has 0 saturated carbocycles. The summed E-state index contributed by atoms with van der Waals surface area (Å²) in [6, 6.07) is 6.12. The van der Waals surface area contributed by atoms with Gasteiger partial charge in [0.1, 0.15) is 0 Å². The molecule has 0 aromatic carbocycles. The highest BCUT2D eigenvalue weighted by molar-refractivity contribution is 7.12. The van der Waals surface area contributed by atoms with Crippen molar-refractivity contribution < 1.29 is 4.79 Å². The van der Waals surface area contributed by atoms with Crippen molar-refractivity contribution in [2.75, 3.05) is 26.2 Å². The minimum Gasteiger partial charge on any atom is -0.336 e. The summed E-state index contributed by atoms with van der Waals surface area (Å²) in [4.78, 5) is 23.4. The van der Waals surface area contributed by atoms with Crippen molar-refractivity contribution in [3.8, 4) is 0 Å². The van der Waals surface area contributed by atoms with Crippen molar-refractivity contribution in [1.82, 2.24) is 14.8 Å². The Morgan fingerprint density at radius 3 is 2.45 bits per heavy atom. The van der Waals surface area contributed by atoms with E-state index in [0.29, 0.717) is 0 Å². The summed E-state index contributed by atoms with van der Waals surface area (Å²) in [5.74, 6) is 0.186. The fraction of sp³-hybridized carbons (Fsp3) is 0.412. The summed E-state index contributed by atoms with van der Waals surface area (Å²) in [6.07, 6.45) is 3.66. The number of rotatable bonds is 3. The first-order chi connectivity index (χ1) is 10.6. The molecular formula is C17H21N3OS. The molecule has 0 aliphatic carbocycles. The monoisotopic (exact) mass is 315 g/mol. The van der Waals surface area contributed by atoms with Crippen LogP contribution in [0.1, 0.15) is 25.7 Å². The van der Waals surface area contributed by atoms with E-state index < -0.39 is 0 Å². The third-order valence-electron chi connectivity index (χ3n) is 4.09. The highest BCUT2D eigenvalue weighted by Crippen LogP contribution is 2.22. The Labute approximate surface area is 135 Å². The van der Waals surface area contributed by atoms with Gasteiger partial charge in [0, 0.05) is 54.9 Å². The zero-order chi connectivity index (χ0) is 15.5. The van der Waals surface area contributed by atoms with Gasteiger partial charge in [0.2, 0.25) is 0 Å². The summed E-state index contributed by atoms with van der Waals surface area (Å²) in [6.45, 7) is 8.48. The standard InChI is InChI=1S/C17H21N3OS/c1-13-11-16(14(2)22-13)17(21)20-9-7-19(8-10-20)12-15-3-5-18-6-4-15/h3-6,11H,7-10,12H2,1-2H3. The molecule has 0 spiro atoms. The van der Waals surface area contributed by atoms with Crippen LogP contribution < -0.4 is 0 Å². The van der Waals surface area contributed by atoms with Crippen LogP contribution in [0.5, 0.6) is 0 Å². The number of carbonyl (C=O) groups is 1. The number of pyridine rings is 1. The quantitative estimate of drug-likeness (QED) is 0.874. The minimum absolute atomic E-state index is 0.186. The Hall–Kier alpha value is -1.72. The second-order valence-electron chi connectivity index (χ2n) is 5.75. The van der Waals surface area contributed by atoms with Crippen molar-refractivity contribution in [2.24, 2.45) is 0 Å². The maximum atomic E-state index is 12.6. The van der Waals surface area contributed by atoms with Crippen LogP contribution in [-0.4, -0.2) is 46.9 Å². The molecule has 3 heterocycles. The molecule has 1 fully saturated rings. The van der Waals surface area contributed by atoms with Crippen molar-refractivity contribution in [2.45, 2.75) is 20.4 Å². The van der Waals surface area contributed by atoms with E-state index in [1.807, 2.05) is 30.3 Å². The molecule has 1 aliphatic heterocycles. The average Bonchev–Trinajstić information content (AvgIpc) is 2.87. The Kier molecular flexibility index (Phi) is 4.55. The molecule has 1 saturated heterocycles. The van der Waals surface area contributed by atoms with E-state index in [1.54, 1.807) is 11.3 Å². The van der Waals surface area contributed by atoms with Gasteiger partial charge < -0.3 is 4.90 Å². The fourth-order valence-corrected chi connectivity index (χ4v) is 3.78. The van der Waals surface area contributed by atoms with Crippen molar-refractivity contribution in [3.05, 3.63) is 51.5 Å². The molecule has 116 valence electrons. The smallest absolute Gasteiger partial charge is 0.255 e. The van der Waals surface area contributed by atoms with E-state index in [4.69, 9.17) is 0 Å². The van der Waals surface area contributed by atoms with E-state index in [0.717, 1.165) is 43.2 Å². The lowest BCUT2D eigenvalue weighted by molar-refractivity contribution is 0.0628. The van der Waals surface area contributed by atoms with Gasteiger partial charge in [0.05, 0.1) is 5.56 Å². The molecule has 0 atom stereocenters. The molecule has 2 aromatic rings. The second-order valence-corrected chi connectivity index (χ2v) is 7.21. The van der Waals surface area contributed by atoms with Gasteiger partial charge >= 0.3 is 0 Å². The zero-order valence-corrected chi connectivity index (χ0v) is 13.9. The van der Waals surface area contributed by atoms with E-state index in [-0.39, 0.29) is 5.91 Å². The number of piperazine rings is 1. The summed E-state index contributed by atoms with van der Waals surface area (Å²) in [5, 5.41) is 0. The summed E-state index contributed by atoms with van der Waals surface area (Å²) < 4.78 is 0. The van der Waals surface area contributed by atoms with Crippen LogP contribution in [0.4, 0.5) is 0 Å². The van der Waals surface area contributed by atoms with Gasteiger partial charge in [0.15, 0.2) is 0 Å². The largest absolute Gasteiger partial charge is 0.336 e. The normalized spacial score (nSPS) is 16.0. The second kappa shape index (κ2) is 6.58. The molecule has 0 bridgehead atoms. The van der Waals surface area contributed by atoms with Gasteiger partial charge in [-0.1, -0.05) is 0 Å². The van der Waals surface area contributed by atoms with Gasteiger partial charge in [0.25, 0.3) is 5.91 Å². The Balaban J connectivity index is 1.57. The minimum atomic E-state index is 0.186. The van der Waals surface area contributed by atoms with Gasteiger partial charge in [-0.3, -0.25) is 14.7 Å². The molecule has 0 radical (unpaired) electrons. The number of aryl methyl sites for hydroxylation is 2. The SMILES string of the molecule is Cc1cc(C(=O)N2CCN(Cc3ccncc3)CC2)c(C)s1. The van der Waals surface area contributed by atoms with Crippen LogP contribution in [0.2, 0.25) is 0 Å². The topological polar surface area (TPSA) is 36.4 Å². The van der Waals surface area contributed by atoms with Crippen LogP contribution in [-0.2, 0) is 6.54 Å². The number of amides is 1. The molecule has 22 heavy (non-hydrogen) atoms. The van der Waals surface area contributed by atoms with Crippen LogP contribution in [0.3, 0.4) is 0 Å².